The molecule has 1 amide bonds. The Kier molecular flexibility index (Phi) is 5.28. The minimum atomic E-state index is -0.131. The van der Waals surface area contributed by atoms with Gasteiger partial charge >= 0.3 is 0 Å². The standard InChI is InChI=1S/C19H24FN3O/c1-2-23-14-17(12-21-23)19(24)22-11-5-6-15(13-22)9-10-16-7-3-4-8-18(16)20/h3-4,7-8,12,14-15H,2,5-6,9-11,13H2,1H3/t15-/m0/s1. The summed E-state index contributed by atoms with van der Waals surface area (Å²) in [5.74, 6) is 0.363. The maximum absolute atomic E-state index is 13.7. The van der Waals surface area contributed by atoms with E-state index in [4.69, 9.17) is 0 Å². The van der Waals surface area contributed by atoms with E-state index in [0.29, 0.717) is 11.5 Å². The number of carbonyl (C=O) groups excluding carboxylic acids is 1. The Morgan fingerprint density at radius 1 is 1.38 bits per heavy atom. The molecule has 3 rings (SSSR count). The molecule has 0 N–H and O–H groups in total. The highest BCUT2D eigenvalue weighted by atomic mass is 19.1. The molecular formula is C19H24FN3O. The molecule has 1 saturated heterocycles. The van der Waals surface area contributed by atoms with E-state index in [2.05, 4.69) is 5.10 Å². The van der Waals surface area contributed by atoms with Gasteiger partial charge in [-0.15, -0.1) is 0 Å². The molecule has 24 heavy (non-hydrogen) atoms. The number of nitrogens with zero attached hydrogens (tertiary/aromatic N) is 3. The third-order valence-corrected chi connectivity index (χ3v) is 4.79. The smallest absolute Gasteiger partial charge is 0.257 e. The Balaban J connectivity index is 1.58. The molecule has 1 aliphatic rings. The number of amides is 1. The van der Waals surface area contributed by atoms with E-state index in [1.807, 2.05) is 30.2 Å². The van der Waals surface area contributed by atoms with Crippen molar-refractivity contribution in [2.75, 3.05) is 13.1 Å². The molecule has 1 aliphatic heterocycles. The zero-order valence-corrected chi connectivity index (χ0v) is 14.1. The molecule has 0 radical (unpaired) electrons. The van der Waals surface area contributed by atoms with Crippen LogP contribution >= 0.6 is 0 Å². The molecule has 0 bridgehead atoms. The Labute approximate surface area is 142 Å². The summed E-state index contributed by atoms with van der Waals surface area (Å²) in [6, 6.07) is 6.95. The van der Waals surface area contributed by atoms with Crippen molar-refractivity contribution in [2.45, 2.75) is 39.2 Å². The van der Waals surface area contributed by atoms with Gasteiger partial charge in [0.2, 0.25) is 0 Å². The molecule has 4 nitrogen and oxygen atoms in total. The van der Waals surface area contributed by atoms with Crippen LogP contribution in [0.5, 0.6) is 0 Å². The van der Waals surface area contributed by atoms with Gasteiger partial charge in [0.05, 0.1) is 11.8 Å². The molecule has 0 aliphatic carbocycles. The predicted octanol–water partition coefficient (Wildman–Crippen LogP) is 3.53. The third-order valence-electron chi connectivity index (χ3n) is 4.79. The largest absolute Gasteiger partial charge is 0.338 e. The van der Waals surface area contributed by atoms with Crippen molar-refractivity contribution in [3.05, 3.63) is 53.6 Å². The lowest BCUT2D eigenvalue weighted by Crippen LogP contribution is -2.40. The number of hydrogen-bond acceptors (Lipinski definition) is 2. The van der Waals surface area contributed by atoms with Gasteiger partial charge in [0.15, 0.2) is 0 Å². The lowest BCUT2D eigenvalue weighted by Gasteiger charge is -2.32. The van der Waals surface area contributed by atoms with Gasteiger partial charge in [-0.05, 0) is 50.2 Å². The van der Waals surface area contributed by atoms with Crippen LogP contribution in [0.4, 0.5) is 4.39 Å². The lowest BCUT2D eigenvalue weighted by atomic mass is 9.91. The van der Waals surface area contributed by atoms with E-state index < -0.39 is 0 Å². The number of rotatable bonds is 5. The Morgan fingerprint density at radius 2 is 2.21 bits per heavy atom. The van der Waals surface area contributed by atoms with Crippen LogP contribution in [-0.4, -0.2) is 33.7 Å². The van der Waals surface area contributed by atoms with Crippen molar-refractivity contribution in [1.82, 2.24) is 14.7 Å². The normalized spacial score (nSPS) is 17.9. The van der Waals surface area contributed by atoms with Crippen molar-refractivity contribution in [3.8, 4) is 0 Å². The van der Waals surface area contributed by atoms with Gasteiger partial charge in [-0.1, -0.05) is 18.2 Å². The van der Waals surface area contributed by atoms with Gasteiger partial charge < -0.3 is 4.90 Å². The van der Waals surface area contributed by atoms with Gasteiger partial charge in [-0.3, -0.25) is 9.48 Å². The average Bonchev–Trinajstić information content (AvgIpc) is 3.10. The number of aromatic nitrogens is 2. The molecule has 1 fully saturated rings. The first-order chi connectivity index (χ1) is 11.7. The molecular weight excluding hydrogens is 305 g/mol. The summed E-state index contributed by atoms with van der Waals surface area (Å²) in [6.45, 7) is 4.32. The van der Waals surface area contributed by atoms with Gasteiger partial charge in [0.25, 0.3) is 5.91 Å². The topological polar surface area (TPSA) is 38.1 Å². The summed E-state index contributed by atoms with van der Waals surface area (Å²) in [6.07, 6.45) is 7.22. The second-order valence-corrected chi connectivity index (χ2v) is 6.47. The molecule has 1 atom stereocenters. The number of carbonyl (C=O) groups is 1. The van der Waals surface area contributed by atoms with Gasteiger partial charge in [-0.2, -0.15) is 5.10 Å². The predicted molar refractivity (Wildman–Crippen MR) is 91.2 cm³/mol. The number of aryl methyl sites for hydroxylation is 2. The van der Waals surface area contributed by atoms with E-state index in [-0.39, 0.29) is 11.7 Å². The number of halogens is 1. The van der Waals surface area contributed by atoms with E-state index >= 15 is 0 Å². The highest BCUT2D eigenvalue weighted by Crippen LogP contribution is 2.23. The van der Waals surface area contributed by atoms with Crippen molar-refractivity contribution in [3.63, 3.8) is 0 Å². The van der Waals surface area contributed by atoms with Crippen LogP contribution in [0.3, 0.4) is 0 Å². The molecule has 128 valence electrons. The van der Waals surface area contributed by atoms with E-state index in [9.17, 15) is 9.18 Å². The zero-order valence-electron chi connectivity index (χ0n) is 14.1. The molecule has 0 saturated carbocycles. The first kappa shape index (κ1) is 16.7. The average molecular weight is 329 g/mol. The van der Waals surface area contributed by atoms with E-state index in [1.165, 1.54) is 6.07 Å². The number of likely N-dealkylation sites (tertiary alicyclic amines) is 1. The van der Waals surface area contributed by atoms with Crippen LogP contribution in [0.15, 0.2) is 36.7 Å². The molecule has 2 heterocycles. The number of benzene rings is 1. The quantitative estimate of drug-likeness (QED) is 0.842. The minimum Gasteiger partial charge on any atom is -0.338 e. The van der Waals surface area contributed by atoms with Crippen LogP contribution in [0.1, 0.15) is 42.1 Å². The molecule has 0 spiro atoms. The Morgan fingerprint density at radius 3 is 2.96 bits per heavy atom. The molecule has 5 heteroatoms. The van der Waals surface area contributed by atoms with Gasteiger partial charge in [-0.25, -0.2) is 4.39 Å². The number of hydrogen-bond donors (Lipinski definition) is 0. The fraction of sp³-hybridized carbons (Fsp3) is 0.474. The summed E-state index contributed by atoms with van der Waals surface area (Å²) in [5, 5.41) is 4.18. The Bertz CT molecular complexity index is 697. The third kappa shape index (κ3) is 3.83. The van der Waals surface area contributed by atoms with Gasteiger partial charge in [0.1, 0.15) is 5.82 Å². The second kappa shape index (κ2) is 7.60. The molecule has 2 aromatic rings. The van der Waals surface area contributed by atoms with Crippen molar-refractivity contribution >= 4 is 5.91 Å². The SMILES string of the molecule is CCn1cc(C(=O)N2CCC[C@@H](CCc3ccccc3F)C2)cn1. The maximum atomic E-state index is 13.7. The summed E-state index contributed by atoms with van der Waals surface area (Å²) >= 11 is 0. The summed E-state index contributed by atoms with van der Waals surface area (Å²) in [5.41, 5.74) is 1.43. The van der Waals surface area contributed by atoms with E-state index in [0.717, 1.165) is 50.9 Å². The zero-order chi connectivity index (χ0) is 16.9. The number of piperidine rings is 1. The second-order valence-electron chi connectivity index (χ2n) is 6.47. The maximum Gasteiger partial charge on any atom is 0.257 e. The minimum absolute atomic E-state index is 0.0605. The monoisotopic (exact) mass is 329 g/mol. The van der Waals surface area contributed by atoms with Crippen LogP contribution in [-0.2, 0) is 13.0 Å². The van der Waals surface area contributed by atoms with Crippen molar-refractivity contribution in [2.24, 2.45) is 5.92 Å². The van der Waals surface area contributed by atoms with Crippen LogP contribution in [0.2, 0.25) is 0 Å². The van der Waals surface area contributed by atoms with Crippen LogP contribution in [0.25, 0.3) is 0 Å². The first-order valence-corrected chi connectivity index (χ1v) is 8.72. The molecule has 1 aromatic heterocycles. The fourth-order valence-corrected chi connectivity index (χ4v) is 3.38. The summed E-state index contributed by atoms with van der Waals surface area (Å²) in [7, 11) is 0. The molecule has 1 aromatic carbocycles. The van der Waals surface area contributed by atoms with Crippen molar-refractivity contribution in [1.29, 1.82) is 0 Å². The highest BCUT2D eigenvalue weighted by Gasteiger charge is 2.25. The highest BCUT2D eigenvalue weighted by molar-refractivity contribution is 5.93. The molecule has 0 unspecified atom stereocenters. The first-order valence-electron chi connectivity index (χ1n) is 8.72. The Hall–Kier alpha value is -2.17. The summed E-state index contributed by atoms with van der Waals surface area (Å²) in [4.78, 5) is 14.5. The summed E-state index contributed by atoms with van der Waals surface area (Å²) < 4.78 is 15.5. The van der Waals surface area contributed by atoms with E-state index in [1.54, 1.807) is 16.9 Å². The van der Waals surface area contributed by atoms with Gasteiger partial charge in [0, 0.05) is 25.8 Å². The lowest BCUT2D eigenvalue weighted by molar-refractivity contribution is 0.0668. The van der Waals surface area contributed by atoms with Crippen LogP contribution < -0.4 is 0 Å². The fourth-order valence-electron chi connectivity index (χ4n) is 3.38. The van der Waals surface area contributed by atoms with Crippen molar-refractivity contribution < 1.29 is 9.18 Å². The van der Waals surface area contributed by atoms with Crippen LogP contribution in [0, 0.1) is 11.7 Å².